The van der Waals surface area contributed by atoms with Gasteiger partial charge in [-0.05, 0) is 18.8 Å². The first-order valence-corrected chi connectivity index (χ1v) is 6.46. The van der Waals surface area contributed by atoms with Gasteiger partial charge in [0.1, 0.15) is 5.69 Å². The number of carbonyl (C=O) groups is 1. The molecular formula is C13H21N3O2. The van der Waals surface area contributed by atoms with Gasteiger partial charge in [0.25, 0.3) is 5.91 Å². The summed E-state index contributed by atoms with van der Waals surface area (Å²) < 4.78 is 1.69. The highest BCUT2D eigenvalue weighted by atomic mass is 16.3. The fraction of sp³-hybridized carbons (Fsp3) is 0.692. The number of aliphatic hydroxyl groups is 1. The Morgan fingerprint density at radius 1 is 1.72 bits per heavy atom. The van der Waals surface area contributed by atoms with Crippen LogP contribution in [0.3, 0.4) is 0 Å². The first-order valence-electron chi connectivity index (χ1n) is 6.46. The van der Waals surface area contributed by atoms with Gasteiger partial charge < -0.3 is 15.0 Å². The number of nitrogens with one attached hydrogen (secondary N) is 1. The van der Waals surface area contributed by atoms with Gasteiger partial charge in [0.15, 0.2) is 0 Å². The molecule has 2 N–H and O–H groups in total. The molecule has 1 saturated carbocycles. The van der Waals surface area contributed by atoms with Crippen LogP contribution in [0.2, 0.25) is 0 Å². The molecule has 1 aromatic rings. The van der Waals surface area contributed by atoms with Crippen LogP contribution in [0.5, 0.6) is 0 Å². The van der Waals surface area contributed by atoms with Crippen LogP contribution in [-0.2, 0) is 7.05 Å². The topological polar surface area (TPSA) is 67.2 Å². The molecule has 0 radical (unpaired) electrons. The molecule has 5 heteroatoms. The fourth-order valence-electron chi connectivity index (χ4n) is 2.84. The Balaban J connectivity index is 2.11. The van der Waals surface area contributed by atoms with E-state index in [4.69, 9.17) is 0 Å². The summed E-state index contributed by atoms with van der Waals surface area (Å²) in [6.45, 7) is 2.17. The number of aromatic nitrogens is 2. The standard InChI is InChI=1S/C13H21N3O2/c1-10-4-3-5-13(6-10,8-17)15-12(18)11-7-14-9-16(11)2/h7,9-10,17H,3-6,8H2,1-2H3,(H,15,18). The van der Waals surface area contributed by atoms with E-state index in [1.807, 2.05) is 0 Å². The maximum atomic E-state index is 12.2. The van der Waals surface area contributed by atoms with Crippen LogP contribution in [0.4, 0.5) is 0 Å². The van der Waals surface area contributed by atoms with E-state index in [1.165, 1.54) is 6.42 Å². The molecule has 1 aliphatic rings. The Hall–Kier alpha value is -1.36. The van der Waals surface area contributed by atoms with Crippen molar-refractivity contribution in [3.8, 4) is 0 Å². The minimum atomic E-state index is -0.459. The van der Waals surface area contributed by atoms with Crippen molar-refractivity contribution in [2.45, 2.75) is 38.1 Å². The minimum Gasteiger partial charge on any atom is -0.394 e. The van der Waals surface area contributed by atoms with Gasteiger partial charge in [-0.2, -0.15) is 0 Å². The van der Waals surface area contributed by atoms with Gasteiger partial charge in [-0.15, -0.1) is 0 Å². The predicted molar refractivity (Wildman–Crippen MR) is 68.1 cm³/mol. The molecule has 18 heavy (non-hydrogen) atoms. The second kappa shape index (κ2) is 5.10. The summed E-state index contributed by atoms with van der Waals surface area (Å²) in [6.07, 6.45) is 7.05. The second-order valence-electron chi connectivity index (χ2n) is 5.48. The van der Waals surface area contributed by atoms with Crippen molar-refractivity contribution < 1.29 is 9.90 Å². The highest BCUT2D eigenvalue weighted by Gasteiger charge is 2.36. The van der Waals surface area contributed by atoms with Crippen LogP contribution in [0.25, 0.3) is 0 Å². The molecule has 1 amide bonds. The number of amides is 1. The van der Waals surface area contributed by atoms with E-state index in [0.717, 1.165) is 19.3 Å². The highest BCUT2D eigenvalue weighted by molar-refractivity contribution is 5.92. The summed E-state index contributed by atoms with van der Waals surface area (Å²) in [6, 6.07) is 0. The van der Waals surface area contributed by atoms with Crippen molar-refractivity contribution >= 4 is 5.91 Å². The van der Waals surface area contributed by atoms with Crippen LogP contribution in [-0.4, -0.2) is 32.7 Å². The quantitative estimate of drug-likeness (QED) is 0.845. The molecule has 100 valence electrons. The summed E-state index contributed by atoms with van der Waals surface area (Å²) in [5, 5.41) is 12.6. The predicted octanol–water partition coefficient (Wildman–Crippen LogP) is 1.09. The zero-order valence-electron chi connectivity index (χ0n) is 11.0. The third kappa shape index (κ3) is 2.56. The van der Waals surface area contributed by atoms with Crippen LogP contribution in [0.15, 0.2) is 12.5 Å². The molecule has 0 spiro atoms. The summed E-state index contributed by atoms with van der Waals surface area (Å²) in [4.78, 5) is 16.1. The second-order valence-corrected chi connectivity index (χ2v) is 5.48. The van der Waals surface area contributed by atoms with E-state index >= 15 is 0 Å². The monoisotopic (exact) mass is 251 g/mol. The summed E-state index contributed by atoms with van der Waals surface area (Å²) in [7, 11) is 1.79. The average Bonchev–Trinajstić information content (AvgIpc) is 2.75. The van der Waals surface area contributed by atoms with Crippen molar-refractivity contribution in [2.24, 2.45) is 13.0 Å². The van der Waals surface area contributed by atoms with Gasteiger partial charge in [-0.3, -0.25) is 4.79 Å². The molecule has 0 saturated heterocycles. The molecule has 2 atom stereocenters. The van der Waals surface area contributed by atoms with Crippen LogP contribution in [0, 0.1) is 5.92 Å². The molecule has 5 nitrogen and oxygen atoms in total. The lowest BCUT2D eigenvalue weighted by Crippen LogP contribution is -2.54. The smallest absolute Gasteiger partial charge is 0.270 e. The summed E-state index contributed by atoms with van der Waals surface area (Å²) in [5.41, 5.74) is 0.0694. The Bertz CT molecular complexity index is 430. The Kier molecular flexibility index (Phi) is 3.71. The van der Waals surface area contributed by atoms with Crippen molar-refractivity contribution in [1.82, 2.24) is 14.9 Å². The Morgan fingerprint density at radius 2 is 2.50 bits per heavy atom. The van der Waals surface area contributed by atoms with Gasteiger partial charge in [-0.25, -0.2) is 4.98 Å². The molecule has 2 rings (SSSR count). The van der Waals surface area contributed by atoms with Crippen molar-refractivity contribution in [2.75, 3.05) is 6.61 Å². The van der Waals surface area contributed by atoms with Crippen LogP contribution < -0.4 is 5.32 Å². The zero-order valence-corrected chi connectivity index (χ0v) is 11.0. The molecular weight excluding hydrogens is 230 g/mol. The number of nitrogens with zero attached hydrogens (tertiary/aromatic N) is 2. The van der Waals surface area contributed by atoms with Crippen LogP contribution in [0.1, 0.15) is 43.1 Å². The Labute approximate surface area is 107 Å². The first-order chi connectivity index (χ1) is 8.56. The number of carbonyl (C=O) groups excluding carboxylic acids is 1. The molecule has 1 aliphatic carbocycles. The molecule has 0 bridgehead atoms. The first kappa shape index (κ1) is 13.1. The molecule has 1 fully saturated rings. The zero-order chi connectivity index (χ0) is 13.2. The summed E-state index contributed by atoms with van der Waals surface area (Å²) >= 11 is 0. The molecule has 0 aromatic carbocycles. The van der Waals surface area contributed by atoms with Gasteiger partial charge in [0.05, 0.1) is 24.7 Å². The van der Waals surface area contributed by atoms with Gasteiger partial charge in [0.2, 0.25) is 0 Å². The number of hydrogen-bond donors (Lipinski definition) is 2. The fourth-order valence-corrected chi connectivity index (χ4v) is 2.84. The van der Waals surface area contributed by atoms with E-state index < -0.39 is 5.54 Å². The largest absolute Gasteiger partial charge is 0.394 e. The van der Waals surface area contributed by atoms with E-state index in [1.54, 1.807) is 24.1 Å². The average molecular weight is 251 g/mol. The van der Waals surface area contributed by atoms with E-state index in [2.05, 4.69) is 17.2 Å². The van der Waals surface area contributed by atoms with E-state index in [9.17, 15) is 9.90 Å². The lowest BCUT2D eigenvalue weighted by molar-refractivity contribution is 0.0690. The number of hydrogen-bond acceptors (Lipinski definition) is 3. The van der Waals surface area contributed by atoms with E-state index in [-0.39, 0.29) is 12.5 Å². The SMILES string of the molecule is CC1CCCC(CO)(NC(=O)c2cncn2C)C1. The van der Waals surface area contributed by atoms with Gasteiger partial charge in [0, 0.05) is 7.05 Å². The number of rotatable bonds is 3. The normalized spacial score (nSPS) is 28.1. The van der Waals surface area contributed by atoms with Crippen molar-refractivity contribution in [3.63, 3.8) is 0 Å². The Morgan fingerprint density at radius 3 is 3.06 bits per heavy atom. The number of aliphatic hydroxyl groups excluding tert-OH is 1. The maximum absolute atomic E-state index is 12.2. The number of aryl methyl sites for hydroxylation is 1. The lowest BCUT2D eigenvalue weighted by atomic mass is 9.77. The van der Waals surface area contributed by atoms with Crippen LogP contribution >= 0.6 is 0 Å². The highest BCUT2D eigenvalue weighted by Crippen LogP contribution is 2.32. The van der Waals surface area contributed by atoms with E-state index in [0.29, 0.717) is 11.6 Å². The lowest BCUT2D eigenvalue weighted by Gasteiger charge is -2.39. The molecule has 2 unspecified atom stereocenters. The number of imidazole rings is 1. The van der Waals surface area contributed by atoms with Gasteiger partial charge >= 0.3 is 0 Å². The third-order valence-electron chi connectivity index (χ3n) is 3.82. The van der Waals surface area contributed by atoms with Crippen molar-refractivity contribution in [3.05, 3.63) is 18.2 Å². The van der Waals surface area contributed by atoms with Gasteiger partial charge in [-0.1, -0.05) is 19.8 Å². The molecule has 1 aromatic heterocycles. The molecule has 1 heterocycles. The summed E-state index contributed by atoms with van der Waals surface area (Å²) in [5.74, 6) is 0.385. The molecule has 0 aliphatic heterocycles. The minimum absolute atomic E-state index is 0.000924. The maximum Gasteiger partial charge on any atom is 0.270 e. The third-order valence-corrected chi connectivity index (χ3v) is 3.82. The van der Waals surface area contributed by atoms with Crippen molar-refractivity contribution in [1.29, 1.82) is 0 Å².